The van der Waals surface area contributed by atoms with Gasteiger partial charge in [-0.2, -0.15) is 0 Å². The third-order valence-corrected chi connectivity index (χ3v) is 5.37. The summed E-state index contributed by atoms with van der Waals surface area (Å²) in [6.45, 7) is 1.45. The Bertz CT molecular complexity index is 494. The summed E-state index contributed by atoms with van der Waals surface area (Å²) in [6.07, 6.45) is 10.2. The number of rotatable bonds is 8. The molecule has 1 amide bonds. The van der Waals surface area contributed by atoms with Gasteiger partial charge in [0.15, 0.2) is 0 Å². The van der Waals surface area contributed by atoms with Crippen LogP contribution in [0, 0.1) is 5.92 Å². The van der Waals surface area contributed by atoms with Gasteiger partial charge in [-0.05, 0) is 43.7 Å². The van der Waals surface area contributed by atoms with Crippen molar-refractivity contribution in [3.63, 3.8) is 0 Å². The average Bonchev–Trinajstić information content (AvgIpc) is 3.08. The van der Waals surface area contributed by atoms with Gasteiger partial charge in [0.05, 0.1) is 0 Å². The van der Waals surface area contributed by atoms with Crippen molar-refractivity contribution in [2.45, 2.75) is 70.1 Å². The molecule has 4 heteroatoms. The van der Waals surface area contributed by atoms with Crippen LogP contribution in [-0.4, -0.2) is 24.7 Å². The Morgan fingerprint density at radius 3 is 2.58 bits per heavy atom. The van der Waals surface area contributed by atoms with E-state index in [4.69, 9.17) is 4.74 Å². The highest BCUT2D eigenvalue weighted by Gasteiger charge is 2.30. The van der Waals surface area contributed by atoms with Gasteiger partial charge in [0.1, 0.15) is 6.61 Å². The molecule has 0 aliphatic heterocycles. The summed E-state index contributed by atoms with van der Waals surface area (Å²) < 4.78 is 5.25. The second-order valence-corrected chi connectivity index (χ2v) is 7.32. The fourth-order valence-electron chi connectivity index (χ4n) is 3.83. The van der Waals surface area contributed by atoms with Crippen molar-refractivity contribution >= 4 is 6.09 Å². The van der Waals surface area contributed by atoms with Crippen LogP contribution in [0.2, 0.25) is 0 Å². The van der Waals surface area contributed by atoms with Gasteiger partial charge in [0.2, 0.25) is 0 Å². The summed E-state index contributed by atoms with van der Waals surface area (Å²) in [4.78, 5) is 11.8. The summed E-state index contributed by atoms with van der Waals surface area (Å²) in [5, 5.41) is 6.56. The van der Waals surface area contributed by atoms with Crippen molar-refractivity contribution in [3.05, 3.63) is 35.9 Å². The Balaban J connectivity index is 1.20. The lowest BCUT2D eigenvalue weighted by Crippen LogP contribution is -2.52. The van der Waals surface area contributed by atoms with Crippen molar-refractivity contribution in [2.24, 2.45) is 5.92 Å². The van der Waals surface area contributed by atoms with E-state index in [1.807, 2.05) is 30.3 Å². The Kier molecular flexibility index (Phi) is 6.53. The summed E-state index contributed by atoms with van der Waals surface area (Å²) in [5.74, 6) is 0.988. The number of hydrogen-bond donors (Lipinski definition) is 2. The fraction of sp³-hybridized carbons (Fsp3) is 0.650. The first-order valence-corrected chi connectivity index (χ1v) is 9.50. The molecular weight excluding hydrogens is 300 g/mol. The number of hydrogen-bond acceptors (Lipinski definition) is 3. The van der Waals surface area contributed by atoms with Crippen LogP contribution in [0.5, 0.6) is 0 Å². The van der Waals surface area contributed by atoms with Crippen LogP contribution in [0.4, 0.5) is 4.79 Å². The number of alkyl carbamates (subject to hydrolysis) is 1. The second kappa shape index (κ2) is 9.07. The van der Waals surface area contributed by atoms with E-state index in [2.05, 4.69) is 10.6 Å². The zero-order valence-corrected chi connectivity index (χ0v) is 14.5. The first-order chi connectivity index (χ1) is 11.8. The lowest BCUT2D eigenvalue weighted by Gasteiger charge is -2.36. The zero-order valence-electron chi connectivity index (χ0n) is 14.5. The van der Waals surface area contributed by atoms with Crippen molar-refractivity contribution in [1.82, 2.24) is 10.6 Å². The minimum absolute atomic E-state index is 0.264. The van der Waals surface area contributed by atoms with Gasteiger partial charge in [0.25, 0.3) is 0 Å². The van der Waals surface area contributed by atoms with E-state index in [0.29, 0.717) is 12.6 Å². The fourth-order valence-corrected chi connectivity index (χ4v) is 3.83. The van der Waals surface area contributed by atoms with Crippen LogP contribution in [0.25, 0.3) is 0 Å². The van der Waals surface area contributed by atoms with Crippen molar-refractivity contribution in [3.8, 4) is 0 Å². The summed E-state index contributed by atoms with van der Waals surface area (Å²) >= 11 is 0. The van der Waals surface area contributed by atoms with Crippen LogP contribution in [-0.2, 0) is 11.3 Å². The first kappa shape index (κ1) is 17.3. The van der Waals surface area contributed by atoms with Crippen LogP contribution < -0.4 is 10.6 Å². The van der Waals surface area contributed by atoms with E-state index >= 15 is 0 Å². The molecule has 0 heterocycles. The molecule has 0 atom stereocenters. The molecule has 0 bridgehead atoms. The third-order valence-electron chi connectivity index (χ3n) is 5.37. The van der Waals surface area contributed by atoms with Gasteiger partial charge in [-0.3, -0.25) is 0 Å². The summed E-state index contributed by atoms with van der Waals surface area (Å²) in [6, 6.07) is 10.6. The molecule has 0 spiro atoms. The van der Waals surface area contributed by atoms with E-state index in [-0.39, 0.29) is 12.1 Å². The molecule has 0 saturated heterocycles. The van der Waals surface area contributed by atoms with Gasteiger partial charge >= 0.3 is 6.09 Å². The minimum atomic E-state index is -0.302. The Labute approximate surface area is 145 Å². The van der Waals surface area contributed by atoms with Crippen LogP contribution >= 0.6 is 0 Å². The standard InChI is InChI=1S/C20H30N2O2/c23-20(24-15-17-9-2-1-3-10-17)22-19-13-18(14-19)21-12-6-11-16-7-4-5-8-16/h1-3,9-10,16,18-19,21H,4-8,11-15H2,(H,22,23). The first-order valence-electron chi connectivity index (χ1n) is 9.50. The highest BCUT2D eigenvalue weighted by molar-refractivity contribution is 5.67. The predicted molar refractivity (Wildman–Crippen MR) is 95.8 cm³/mol. The molecule has 2 fully saturated rings. The highest BCUT2D eigenvalue weighted by atomic mass is 16.5. The maximum atomic E-state index is 11.8. The van der Waals surface area contributed by atoms with Crippen molar-refractivity contribution in [1.29, 1.82) is 0 Å². The molecule has 132 valence electrons. The van der Waals surface area contributed by atoms with Crippen molar-refractivity contribution < 1.29 is 9.53 Å². The number of amides is 1. The van der Waals surface area contributed by atoms with Gasteiger partial charge < -0.3 is 15.4 Å². The monoisotopic (exact) mass is 330 g/mol. The highest BCUT2D eigenvalue weighted by Crippen LogP contribution is 2.28. The van der Waals surface area contributed by atoms with Crippen molar-refractivity contribution in [2.75, 3.05) is 6.54 Å². The second-order valence-electron chi connectivity index (χ2n) is 7.32. The molecule has 2 aliphatic rings. The SMILES string of the molecule is O=C(NC1CC(NCCCC2CCCC2)C1)OCc1ccccc1. The number of nitrogens with one attached hydrogen (secondary N) is 2. The average molecular weight is 330 g/mol. The molecular formula is C20H30N2O2. The van der Waals surface area contributed by atoms with Gasteiger partial charge in [-0.1, -0.05) is 56.0 Å². The molecule has 24 heavy (non-hydrogen) atoms. The predicted octanol–water partition coefficient (Wildman–Crippen LogP) is 4.00. The quantitative estimate of drug-likeness (QED) is 0.708. The van der Waals surface area contributed by atoms with Gasteiger partial charge in [0, 0.05) is 12.1 Å². The largest absolute Gasteiger partial charge is 0.445 e. The van der Waals surface area contributed by atoms with Crippen LogP contribution in [0.3, 0.4) is 0 Å². The Hall–Kier alpha value is -1.55. The number of ether oxygens (including phenoxy) is 1. The Morgan fingerprint density at radius 1 is 1.08 bits per heavy atom. The minimum Gasteiger partial charge on any atom is -0.445 e. The van der Waals surface area contributed by atoms with E-state index in [1.165, 1.54) is 38.5 Å². The maximum absolute atomic E-state index is 11.8. The smallest absolute Gasteiger partial charge is 0.407 e. The number of carbonyl (C=O) groups is 1. The van der Waals surface area contributed by atoms with E-state index in [1.54, 1.807) is 0 Å². The lowest BCUT2D eigenvalue weighted by atomic mass is 9.86. The number of carbonyl (C=O) groups excluding carboxylic acids is 1. The van der Waals surface area contributed by atoms with Crippen LogP contribution in [0.15, 0.2) is 30.3 Å². The summed E-state index contributed by atoms with van der Waals surface area (Å²) in [5.41, 5.74) is 1.02. The van der Waals surface area contributed by atoms with Gasteiger partial charge in [-0.15, -0.1) is 0 Å². The normalized spacial score (nSPS) is 23.7. The molecule has 2 N–H and O–H groups in total. The summed E-state index contributed by atoms with van der Waals surface area (Å²) in [7, 11) is 0. The van der Waals surface area contributed by atoms with E-state index < -0.39 is 0 Å². The molecule has 1 aromatic carbocycles. The maximum Gasteiger partial charge on any atom is 0.407 e. The molecule has 0 aromatic heterocycles. The topological polar surface area (TPSA) is 50.4 Å². The van der Waals surface area contributed by atoms with Crippen LogP contribution in [0.1, 0.15) is 56.9 Å². The molecule has 1 aromatic rings. The zero-order chi connectivity index (χ0) is 16.6. The molecule has 2 saturated carbocycles. The number of benzene rings is 1. The molecule has 0 unspecified atom stereocenters. The third kappa shape index (κ3) is 5.52. The molecule has 2 aliphatic carbocycles. The lowest BCUT2D eigenvalue weighted by molar-refractivity contribution is 0.125. The Morgan fingerprint density at radius 2 is 1.83 bits per heavy atom. The molecule has 3 rings (SSSR count). The van der Waals surface area contributed by atoms with E-state index in [9.17, 15) is 4.79 Å². The van der Waals surface area contributed by atoms with E-state index in [0.717, 1.165) is 30.9 Å². The van der Waals surface area contributed by atoms with Gasteiger partial charge in [-0.25, -0.2) is 4.79 Å². The molecule has 0 radical (unpaired) electrons. The molecule has 4 nitrogen and oxygen atoms in total.